The fourth-order valence-electron chi connectivity index (χ4n) is 2.90. The van der Waals surface area contributed by atoms with Crippen molar-refractivity contribution >= 4 is 33.7 Å². The molecule has 144 valence electrons. The highest BCUT2D eigenvalue weighted by Crippen LogP contribution is 2.26. The summed E-state index contributed by atoms with van der Waals surface area (Å²) in [5.74, 6) is -1.07. The fraction of sp³-hybridized carbons (Fsp3) is 0.529. The van der Waals surface area contributed by atoms with Crippen molar-refractivity contribution in [3.63, 3.8) is 0 Å². The molecule has 1 fully saturated rings. The number of carboxylic acids is 1. The van der Waals surface area contributed by atoms with E-state index in [0.29, 0.717) is 25.0 Å². The molecule has 1 aromatic rings. The number of aryl methyl sites for hydroxylation is 1. The maximum Gasteiger partial charge on any atom is 0.326 e. The Bertz CT molecular complexity index is 749. The van der Waals surface area contributed by atoms with Crippen LogP contribution in [0.3, 0.4) is 0 Å². The monoisotopic (exact) mass is 400 g/mol. The van der Waals surface area contributed by atoms with Crippen molar-refractivity contribution in [1.29, 1.82) is 0 Å². The van der Waals surface area contributed by atoms with Gasteiger partial charge < -0.3 is 10.4 Å². The Morgan fingerprint density at radius 2 is 2.00 bits per heavy atom. The number of aliphatic carboxylic acids is 1. The number of carboxylic acid groups (broad SMARTS) is 1. The number of carbonyl (C=O) groups is 2. The molecule has 7 nitrogen and oxygen atoms in total. The van der Waals surface area contributed by atoms with Crippen molar-refractivity contribution in [3.8, 4) is 0 Å². The number of hydrogen-bond acceptors (Lipinski definition) is 5. The van der Waals surface area contributed by atoms with Gasteiger partial charge in [0, 0.05) is 6.54 Å². The molecule has 26 heavy (non-hydrogen) atoms. The summed E-state index contributed by atoms with van der Waals surface area (Å²) in [5.41, 5.74) is 0.942. The number of carbonyl (C=O) groups excluding carboxylic acids is 1. The van der Waals surface area contributed by atoms with Crippen LogP contribution in [-0.4, -0.2) is 60.3 Å². The zero-order chi connectivity index (χ0) is 19.3. The van der Waals surface area contributed by atoms with E-state index in [-0.39, 0.29) is 11.4 Å². The zero-order valence-electron chi connectivity index (χ0n) is 14.8. The molecule has 1 amide bonds. The van der Waals surface area contributed by atoms with Crippen LogP contribution in [0.4, 0.5) is 0 Å². The van der Waals surface area contributed by atoms with E-state index in [9.17, 15) is 23.1 Å². The lowest BCUT2D eigenvalue weighted by Gasteiger charge is -2.25. The number of thioether (sulfide) groups is 1. The van der Waals surface area contributed by atoms with Crippen LogP contribution < -0.4 is 5.32 Å². The van der Waals surface area contributed by atoms with Gasteiger partial charge >= 0.3 is 5.97 Å². The summed E-state index contributed by atoms with van der Waals surface area (Å²) in [6.45, 7) is 2.11. The highest BCUT2D eigenvalue weighted by molar-refractivity contribution is 7.98. The summed E-state index contributed by atoms with van der Waals surface area (Å²) < 4.78 is 26.9. The number of amides is 1. The molecule has 1 heterocycles. The molecular weight excluding hydrogens is 376 g/mol. The van der Waals surface area contributed by atoms with Crippen molar-refractivity contribution in [2.45, 2.75) is 43.2 Å². The topological polar surface area (TPSA) is 104 Å². The van der Waals surface area contributed by atoms with Gasteiger partial charge in [-0.2, -0.15) is 16.1 Å². The van der Waals surface area contributed by atoms with E-state index >= 15 is 0 Å². The minimum Gasteiger partial charge on any atom is -0.480 e. The van der Waals surface area contributed by atoms with E-state index in [0.717, 1.165) is 5.56 Å². The highest BCUT2D eigenvalue weighted by Gasteiger charge is 2.40. The Hall–Kier alpha value is -1.58. The Kier molecular flexibility index (Phi) is 7.08. The molecule has 2 unspecified atom stereocenters. The molecule has 0 aliphatic carbocycles. The first-order chi connectivity index (χ1) is 12.3. The summed E-state index contributed by atoms with van der Waals surface area (Å²) >= 11 is 1.49. The third-order valence-electron chi connectivity index (χ3n) is 4.36. The third kappa shape index (κ3) is 4.77. The van der Waals surface area contributed by atoms with Gasteiger partial charge in [-0.25, -0.2) is 13.2 Å². The van der Waals surface area contributed by atoms with Crippen LogP contribution in [0.2, 0.25) is 0 Å². The molecule has 0 bridgehead atoms. The van der Waals surface area contributed by atoms with Crippen LogP contribution in [0.15, 0.2) is 29.2 Å². The average molecular weight is 401 g/mol. The van der Waals surface area contributed by atoms with Crippen molar-refractivity contribution in [3.05, 3.63) is 29.8 Å². The number of sulfonamides is 1. The second kappa shape index (κ2) is 8.88. The predicted octanol–water partition coefficient (Wildman–Crippen LogP) is 1.47. The quantitative estimate of drug-likeness (QED) is 0.685. The van der Waals surface area contributed by atoms with Crippen LogP contribution in [0.25, 0.3) is 0 Å². The highest BCUT2D eigenvalue weighted by atomic mass is 32.2. The maximum atomic E-state index is 12.9. The van der Waals surface area contributed by atoms with Gasteiger partial charge in [-0.3, -0.25) is 4.79 Å². The summed E-state index contributed by atoms with van der Waals surface area (Å²) in [4.78, 5) is 24.0. The normalized spacial score (nSPS) is 19.2. The van der Waals surface area contributed by atoms with Gasteiger partial charge in [-0.05, 0) is 50.3 Å². The molecule has 0 spiro atoms. The van der Waals surface area contributed by atoms with E-state index in [1.165, 1.54) is 28.2 Å². The van der Waals surface area contributed by atoms with Crippen molar-refractivity contribution in [2.75, 3.05) is 18.6 Å². The second-order valence-corrected chi connectivity index (χ2v) is 9.14. The van der Waals surface area contributed by atoms with Gasteiger partial charge in [-0.1, -0.05) is 17.7 Å². The summed E-state index contributed by atoms with van der Waals surface area (Å²) in [7, 11) is -3.80. The number of nitrogens with zero attached hydrogens (tertiary/aromatic N) is 1. The van der Waals surface area contributed by atoms with Crippen molar-refractivity contribution in [1.82, 2.24) is 9.62 Å². The van der Waals surface area contributed by atoms with E-state index in [4.69, 9.17) is 0 Å². The molecule has 0 aromatic heterocycles. The van der Waals surface area contributed by atoms with Crippen LogP contribution in [0.5, 0.6) is 0 Å². The van der Waals surface area contributed by atoms with Crippen LogP contribution in [0, 0.1) is 6.92 Å². The molecule has 1 aliphatic rings. The number of rotatable bonds is 8. The van der Waals surface area contributed by atoms with Gasteiger partial charge in [-0.15, -0.1) is 0 Å². The number of benzene rings is 1. The number of nitrogens with one attached hydrogen (secondary N) is 1. The lowest BCUT2D eigenvalue weighted by molar-refractivity contribution is -0.142. The Labute approximate surface area is 158 Å². The molecule has 1 saturated heterocycles. The first-order valence-electron chi connectivity index (χ1n) is 8.38. The molecule has 2 atom stereocenters. The van der Waals surface area contributed by atoms with Gasteiger partial charge in [0.15, 0.2) is 0 Å². The largest absolute Gasteiger partial charge is 0.480 e. The zero-order valence-corrected chi connectivity index (χ0v) is 16.5. The minimum atomic E-state index is -3.80. The molecule has 1 aliphatic heterocycles. The Balaban J connectivity index is 2.16. The maximum absolute atomic E-state index is 12.9. The van der Waals surface area contributed by atoms with E-state index in [2.05, 4.69) is 5.32 Å². The standard InChI is InChI=1S/C17H24N2O5S2/c1-12-5-7-13(8-6-12)26(23,24)19-10-3-4-15(19)16(20)18-14(17(21)22)9-11-25-2/h5-8,14-15H,3-4,9-11H2,1-2H3,(H,18,20)(H,21,22). The Morgan fingerprint density at radius 1 is 1.35 bits per heavy atom. The fourth-order valence-corrected chi connectivity index (χ4v) is 5.02. The second-order valence-electron chi connectivity index (χ2n) is 6.27. The van der Waals surface area contributed by atoms with Crippen molar-refractivity contribution in [2.24, 2.45) is 0 Å². The molecular formula is C17H24N2O5S2. The van der Waals surface area contributed by atoms with Gasteiger partial charge in [0.05, 0.1) is 4.90 Å². The minimum absolute atomic E-state index is 0.139. The average Bonchev–Trinajstić information content (AvgIpc) is 3.09. The Morgan fingerprint density at radius 3 is 2.58 bits per heavy atom. The molecule has 1 aromatic carbocycles. The molecule has 0 saturated carbocycles. The van der Waals surface area contributed by atoms with Gasteiger partial charge in [0.2, 0.25) is 15.9 Å². The predicted molar refractivity (Wildman–Crippen MR) is 101 cm³/mol. The number of hydrogen-bond donors (Lipinski definition) is 2. The van der Waals surface area contributed by atoms with E-state index in [1.807, 2.05) is 13.2 Å². The van der Waals surface area contributed by atoms with Gasteiger partial charge in [0.1, 0.15) is 12.1 Å². The van der Waals surface area contributed by atoms with Crippen molar-refractivity contribution < 1.29 is 23.1 Å². The molecule has 2 N–H and O–H groups in total. The smallest absolute Gasteiger partial charge is 0.326 e. The van der Waals surface area contributed by atoms with Crippen LogP contribution in [-0.2, 0) is 19.6 Å². The van der Waals surface area contributed by atoms with E-state index in [1.54, 1.807) is 12.1 Å². The molecule has 9 heteroatoms. The lowest BCUT2D eigenvalue weighted by atomic mass is 10.1. The van der Waals surface area contributed by atoms with Crippen LogP contribution in [0.1, 0.15) is 24.8 Å². The summed E-state index contributed by atoms with van der Waals surface area (Å²) in [6, 6.07) is 4.58. The summed E-state index contributed by atoms with van der Waals surface area (Å²) in [5, 5.41) is 11.8. The molecule has 0 radical (unpaired) electrons. The summed E-state index contributed by atoms with van der Waals surface area (Å²) in [6.07, 6.45) is 3.09. The first-order valence-corrected chi connectivity index (χ1v) is 11.2. The first kappa shape index (κ1) is 20.7. The lowest BCUT2D eigenvalue weighted by Crippen LogP contribution is -2.50. The van der Waals surface area contributed by atoms with Crippen LogP contribution >= 0.6 is 11.8 Å². The third-order valence-corrected chi connectivity index (χ3v) is 6.93. The molecule has 2 rings (SSSR count). The van der Waals surface area contributed by atoms with E-state index < -0.39 is 34.0 Å². The SMILES string of the molecule is CSCCC(NC(=O)C1CCCN1S(=O)(=O)c1ccc(C)cc1)C(=O)O. The van der Waals surface area contributed by atoms with Gasteiger partial charge in [0.25, 0.3) is 0 Å².